The summed E-state index contributed by atoms with van der Waals surface area (Å²) in [6, 6.07) is 7.52. The number of anilines is 1. The zero-order valence-electron chi connectivity index (χ0n) is 7.48. The number of hydrogen-bond donors (Lipinski definition) is 1. The molecule has 0 saturated carbocycles. The average Bonchev–Trinajstić information content (AvgIpc) is 2.15. The smallest absolute Gasteiger partial charge is 0.379 e. The fourth-order valence-corrected chi connectivity index (χ4v) is 0.869. The van der Waals surface area contributed by atoms with E-state index in [0.717, 1.165) is 0 Å². The summed E-state index contributed by atoms with van der Waals surface area (Å²) < 4.78 is 60.1. The molecule has 1 N–H and O–H groups in total. The van der Waals surface area contributed by atoms with Crippen molar-refractivity contribution in [3.63, 3.8) is 0 Å². The van der Waals surface area contributed by atoms with Crippen LogP contribution in [0.15, 0.2) is 30.3 Å². The molecule has 0 amide bonds. The summed E-state index contributed by atoms with van der Waals surface area (Å²) >= 11 is 0. The van der Waals surface area contributed by atoms with E-state index in [1.54, 1.807) is 6.07 Å². The average molecular weight is 225 g/mol. The van der Waals surface area contributed by atoms with Crippen molar-refractivity contribution < 1.29 is 22.0 Å². The molecule has 0 aliphatic rings. The van der Waals surface area contributed by atoms with E-state index in [0.29, 0.717) is 0 Å². The summed E-state index contributed by atoms with van der Waals surface area (Å²) in [5.74, 6) is -4.72. The summed E-state index contributed by atoms with van der Waals surface area (Å²) in [5, 5.41) is 2.02. The van der Waals surface area contributed by atoms with Crippen molar-refractivity contribution in [3.05, 3.63) is 30.3 Å². The van der Waals surface area contributed by atoms with E-state index < -0.39 is 18.6 Å². The fourth-order valence-electron chi connectivity index (χ4n) is 0.869. The predicted octanol–water partition coefficient (Wildman–Crippen LogP) is 3.30. The standard InChI is InChI=1S/C9H8F5N/c10-8(11,9(12,13)14)6-15-7-4-2-1-3-5-7/h1-5,15H,6H2. The lowest BCUT2D eigenvalue weighted by atomic mass is 10.3. The van der Waals surface area contributed by atoms with E-state index in [1.807, 2.05) is 5.32 Å². The van der Waals surface area contributed by atoms with Gasteiger partial charge in [-0.15, -0.1) is 0 Å². The Kier molecular flexibility index (Phi) is 3.16. The lowest BCUT2D eigenvalue weighted by molar-refractivity contribution is -0.275. The van der Waals surface area contributed by atoms with E-state index in [4.69, 9.17) is 0 Å². The number of halogens is 5. The minimum absolute atomic E-state index is 0.224. The summed E-state index contributed by atoms with van der Waals surface area (Å²) in [6.45, 7) is -1.46. The van der Waals surface area contributed by atoms with Gasteiger partial charge in [0.2, 0.25) is 0 Å². The van der Waals surface area contributed by atoms with Gasteiger partial charge < -0.3 is 5.32 Å². The molecule has 0 aliphatic heterocycles. The van der Waals surface area contributed by atoms with Gasteiger partial charge in [-0.25, -0.2) is 0 Å². The van der Waals surface area contributed by atoms with Crippen LogP contribution < -0.4 is 5.32 Å². The van der Waals surface area contributed by atoms with Crippen molar-refractivity contribution in [2.75, 3.05) is 11.9 Å². The maximum atomic E-state index is 12.4. The van der Waals surface area contributed by atoms with Gasteiger partial charge in [-0.05, 0) is 12.1 Å². The van der Waals surface area contributed by atoms with Gasteiger partial charge in [0, 0.05) is 5.69 Å². The molecule has 0 unspecified atom stereocenters. The van der Waals surface area contributed by atoms with Crippen LogP contribution in [0, 0.1) is 0 Å². The third kappa shape index (κ3) is 3.07. The van der Waals surface area contributed by atoms with Gasteiger partial charge in [-0.3, -0.25) is 0 Å². The van der Waals surface area contributed by atoms with Crippen LogP contribution in [0.3, 0.4) is 0 Å². The van der Waals surface area contributed by atoms with E-state index in [1.165, 1.54) is 24.3 Å². The maximum Gasteiger partial charge on any atom is 0.455 e. The fraction of sp³-hybridized carbons (Fsp3) is 0.333. The van der Waals surface area contributed by atoms with Gasteiger partial charge >= 0.3 is 12.1 Å². The van der Waals surface area contributed by atoms with Gasteiger partial charge in [0.1, 0.15) is 0 Å². The van der Waals surface area contributed by atoms with Crippen LogP contribution in [0.1, 0.15) is 0 Å². The largest absolute Gasteiger partial charge is 0.455 e. The first-order valence-corrected chi connectivity index (χ1v) is 4.06. The molecule has 0 atom stereocenters. The normalized spacial score (nSPS) is 12.6. The molecule has 84 valence electrons. The van der Waals surface area contributed by atoms with Crippen LogP contribution in [0.25, 0.3) is 0 Å². The van der Waals surface area contributed by atoms with Gasteiger partial charge in [-0.1, -0.05) is 18.2 Å². The van der Waals surface area contributed by atoms with Crippen molar-refractivity contribution in [1.29, 1.82) is 0 Å². The molecule has 0 spiro atoms. The van der Waals surface area contributed by atoms with E-state index in [2.05, 4.69) is 0 Å². The number of hydrogen-bond acceptors (Lipinski definition) is 1. The summed E-state index contributed by atoms with van der Waals surface area (Å²) in [6.07, 6.45) is -5.52. The molecule has 6 heteroatoms. The highest BCUT2D eigenvalue weighted by Gasteiger charge is 2.57. The lowest BCUT2D eigenvalue weighted by Gasteiger charge is -2.20. The Morgan fingerprint density at radius 3 is 1.93 bits per heavy atom. The summed E-state index contributed by atoms with van der Waals surface area (Å²) in [4.78, 5) is 0. The first kappa shape index (κ1) is 11.7. The molecule has 0 saturated heterocycles. The van der Waals surface area contributed by atoms with Crippen molar-refractivity contribution in [2.45, 2.75) is 12.1 Å². The molecule has 0 aliphatic carbocycles. The number of nitrogens with one attached hydrogen (secondary N) is 1. The lowest BCUT2D eigenvalue weighted by Crippen LogP contribution is -2.42. The minimum Gasteiger partial charge on any atom is -0.379 e. The molecule has 1 aromatic carbocycles. The Hall–Kier alpha value is -1.33. The topological polar surface area (TPSA) is 12.0 Å². The zero-order chi connectivity index (χ0) is 11.5. The molecule has 0 aromatic heterocycles. The van der Waals surface area contributed by atoms with Crippen molar-refractivity contribution in [3.8, 4) is 0 Å². The number of alkyl halides is 5. The second kappa shape index (κ2) is 4.04. The molecular weight excluding hydrogens is 217 g/mol. The maximum absolute atomic E-state index is 12.4. The Balaban J connectivity index is 2.58. The van der Waals surface area contributed by atoms with Gasteiger partial charge in [0.05, 0.1) is 6.54 Å². The second-order valence-electron chi connectivity index (χ2n) is 2.92. The predicted molar refractivity (Wildman–Crippen MR) is 45.9 cm³/mol. The first-order chi connectivity index (χ1) is 6.83. The Morgan fingerprint density at radius 1 is 0.933 bits per heavy atom. The number of rotatable bonds is 3. The van der Waals surface area contributed by atoms with Crippen molar-refractivity contribution >= 4 is 5.69 Å². The van der Waals surface area contributed by atoms with Crippen molar-refractivity contribution in [2.24, 2.45) is 0 Å². The first-order valence-electron chi connectivity index (χ1n) is 4.06. The quantitative estimate of drug-likeness (QED) is 0.778. The zero-order valence-corrected chi connectivity index (χ0v) is 7.48. The third-order valence-corrected chi connectivity index (χ3v) is 1.70. The van der Waals surface area contributed by atoms with Gasteiger partial charge in [0.15, 0.2) is 0 Å². The molecule has 0 fully saturated rings. The van der Waals surface area contributed by atoms with E-state index in [9.17, 15) is 22.0 Å². The Morgan fingerprint density at radius 2 is 1.47 bits per heavy atom. The van der Waals surface area contributed by atoms with Gasteiger partial charge in [0.25, 0.3) is 0 Å². The Labute approximate surface area is 82.9 Å². The molecule has 1 rings (SSSR count). The summed E-state index contributed by atoms with van der Waals surface area (Å²) in [5.41, 5.74) is 0.224. The molecule has 0 radical (unpaired) electrons. The molecule has 1 nitrogen and oxygen atoms in total. The highest BCUT2D eigenvalue weighted by atomic mass is 19.4. The second-order valence-corrected chi connectivity index (χ2v) is 2.92. The van der Waals surface area contributed by atoms with Crippen LogP contribution >= 0.6 is 0 Å². The van der Waals surface area contributed by atoms with Crippen LogP contribution in [0.2, 0.25) is 0 Å². The van der Waals surface area contributed by atoms with E-state index >= 15 is 0 Å². The Bertz CT molecular complexity index is 306. The SMILES string of the molecule is FC(F)(F)C(F)(F)CNc1ccccc1. The van der Waals surface area contributed by atoms with Crippen LogP contribution in [0.4, 0.5) is 27.6 Å². The van der Waals surface area contributed by atoms with E-state index in [-0.39, 0.29) is 5.69 Å². The third-order valence-electron chi connectivity index (χ3n) is 1.70. The number of benzene rings is 1. The highest BCUT2D eigenvalue weighted by molar-refractivity contribution is 5.42. The van der Waals surface area contributed by atoms with Crippen LogP contribution in [0.5, 0.6) is 0 Å². The summed E-state index contributed by atoms with van der Waals surface area (Å²) in [7, 11) is 0. The highest BCUT2D eigenvalue weighted by Crippen LogP contribution is 2.35. The molecular formula is C9H8F5N. The molecule has 0 heterocycles. The number of para-hydroxylation sites is 1. The minimum atomic E-state index is -5.52. The monoisotopic (exact) mass is 225 g/mol. The van der Waals surface area contributed by atoms with Gasteiger partial charge in [-0.2, -0.15) is 22.0 Å². The molecule has 0 bridgehead atoms. The van der Waals surface area contributed by atoms with Crippen LogP contribution in [-0.4, -0.2) is 18.6 Å². The molecule has 1 aromatic rings. The van der Waals surface area contributed by atoms with Crippen molar-refractivity contribution in [1.82, 2.24) is 0 Å². The van der Waals surface area contributed by atoms with Crippen LogP contribution in [-0.2, 0) is 0 Å². The molecule has 15 heavy (non-hydrogen) atoms.